The van der Waals surface area contributed by atoms with E-state index in [1.54, 1.807) is 6.07 Å². The molecule has 0 aromatic carbocycles. The summed E-state index contributed by atoms with van der Waals surface area (Å²) in [5, 5.41) is 8.92. The molecule has 2 rings (SSSR count). The van der Waals surface area contributed by atoms with Crippen LogP contribution in [0, 0.1) is 5.92 Å². The van der Waals surface area contributed by atoms with Gasteiger partial charge in [0.25, 0.3) is 0 Å². The maximum atomic E-state index is 10.9. The van der Waals surface area contributed by atoms with E-state index in [1.807, 2.05) is 6.07 Å². The van der Waals surface area contributed by atoms with E-state index in [1.165, 1.54) is 25.3 Å². The van der Waals surface area contributed by atoms with Crippen LogP contribution in [-0.2, 0) is 6.54 Å². The molecule has 1 unspecified atom stereocenters. The fourth-order valence-electron chi connectivity index (χ4n) is 2.54. The van der Waals surface area contributed by atoms with Gasteiger partial charge in [0, 0.05) is 13.1 Å². The largest absolute Gasteiger partial charge is 0.477 e. The highest BCUT2D eigenvalue weighted by atomic mass is 16.4. The first kappa shape index (κ1) is 13.0. The van der Waals surface area contributed by atoms with Crippen LogP contribution in [0.3, 0.4) is 0 Å². The maximum Gasteiger partial charge on any atom is 0.354 e. The molecule has 1 atom stereocenters. The number of carboxylic acids is 1. The zero-order chi connectivity index (χ0) is 13.0. The van der Waals surface area contributed by atoms with E-state index in [9.17, 15) is 4.79 Å². The van der Waals surface area contributed by atoms with Gasteiger partial charge in [0.05, 0.1) is 5.69 Å². The number of nitrogens with zero attached hydrogens (tertiary/aromatic N) is 2. The second kappa shape index (κ2) is 5.96. The monoisotopic (exact) mass is 248 g/mol. The van der Waals surface area contributed by atoms with Gasteiger partial charge in [0.15, 0.2) is 0 Å². The molecule has 1 aliphatic rings. The number of aromatic nitrogens is 1. The number of hydrogen-bond acceptors (Lipinski definition) is 3. The molecule has 0 aliphatic carbocycles. The lowest BCUT2D eigenvalue weighted by molar-refractivity contribution is 0.0689. The van der Waals surface area contributed by atoms with Crippen molar-refractivity contribution in [2.24, 2.45) is 5.92 Å². The van der Waals surface area contributed by atoms with Crippen LogP contribution in [0.15, 0.2) is 18.2 Å². The predicted molar refractivity (Wildman–Crippen MR) is 69.5 cm³/mol. The number of pyridine rings is 1. The first-order chi connectivity index (χ1) is 8.69. The van der Waals surface area contributed by atoms with E-state index in [0.717, 1.165) is 31.2 Å². The van der Waals surface area contributed by atoms with Gasteiger partial charge in [-0.15, -0.1) is 0 Å². The lowest BCUT2D eigenvalue weighted by Crippen LogP contribution is -2.34. The van der Waals surface area contributed by atoms with Crippen LogP contribution in [0.2, 0.25) is 0 Å². The van der Waals surface area contributed by atoms with Gasteiger partial charge in [0.1, 0.15) is 5.69 Å². The summed E-state index contributed by atoms with van der Waals surface area (Å²) in [5.74, 6) is -0.177. The van der Waals surface area contributed by atoms with Gasteiger partial charge in [0.2, 0.25) is 0 Å². The van der Waals surface area contributed by atoms with E-state index in [-0.39, 0.29) is 5.69 Å². The Bertz CT molecular complexity index is 420. The summed E-state index contributed by atoms with van der Waals surface area (Å²) < 4.78 is 0. The van der Waals surface area contributed by atoms with Gasteiger partial charge in [-0.2, -0.15) is 0 Å². The Morgan fingerprint density at radius 3 is 3.11 bits per heavy atom. The minimum absolute atomic E-state index is 0.136. The Morgan fingerprint density at radius 1 is 1.56 bits per heavy atom. The van der Waals surface area contributed by atoms with E-state index in [0.29, 0.717) is 0 Å². The third-order valence-corrected chi connectivity index (χ3v) is 3.59. The maximum absolute atomic E-state index is 10.9. The molecule has 1 fully saturated rings. The highest BCUT2D eigenvalue weighted by molar-refractivity contribution is 5.85. The standard InChI is InChI=1S/C14H20N2O2/c1-2-11-5-4-8-16(9-11)10-12-6-3-7-13(15-12)14(17)18/h3,6-7,11H,2,4-5,8-10H2,1H3,(H,17,18). The third-order valence-electron chi connectivity index (χ3n) is 3.59. The molecule has 0 bridgehead atoms. The number of hydrogen-bond donors (Lipinski definition) is 1. The third kappa shape index (κ3) is 3.29. The Kier molecular flexibility index (Phi) is 4.31. The molecule has 2 heterocycles. The number of carboxylic acid groups (broad SMARTS) is 1. The molecule has 1 aliphatic heterocycles. The highest BCUT2D eigenvalue weighted by Crippen LogP contribution is 2.20. The number of likely N-dealkylation sites (tertiary alicyclic amines) is 1. The SMILES string of the molecule is CCC1CCCN(Cc2cccc(C(=O)O)n2)C1. The second-order valence-corrected chi connectivity index (χ2v) is 4.97. The van der Waals surface area contributed by atoms with Crippen LogP contribution >= 0.6 is 0 Å². The quantitative estimate of drug-likeness (QED) is 0.889. The van der Waals surface area contributed by atoms with Gasteiger partial charge in [-0.1, -0.05) is 19.4 Å². The Balaban J connectivity index is 2.00. The molecule has 1 aromatic heterocycles. The zero-order valence-corrected chi connectivity index (χ0v) is 10.8. The number of piperidine rings is 1. The summed E-state index contributed by atoms with van der Waals surface area (Å²) >= 11 is 0. The molecule has 4 nitrogen and oxygen atoms in total. The Hall–Kier alpha value is -1.42. The first-order valence-corrected chi connectivity index (χ1v) is 6.60. The predicted octanol–water partition coefficient (Wildman–Crippen LogP) is 2.40. The van der Waals surface area contributed by atoms with Gasteiger partial charge in [-0.3, -0.25) is 4.90 Å². The van der Waals surface area contributed by atoms with Gasteiger partial charge >= 0.3 is 5.97 Å². The van der Waals surface area contributed by atoms with Crippen molar-refractivity contribution in [3.63, 3.8) is 0 Å². The average Bonchev–Trinajstić information content (AvgIpc) is 2.39. The molecular formula is C14H20N2O2. The zero-order valence-electron chi connectivity index (χ0n) is 10.8. The van der Waals surface area contributed by atoms with Crippen LogP contribution in [0.1, 0.15) is 42.4 Å². The molecule has 0 spiro atoms. The molecule has 0 saturated carbocycles. The van der Waals surface area contributed by atoms with Crippen LogP contribution in [0.5, 0.6) is 0 Å². The molecule has 0 radical (unpaired) electrons. The fraction of sp³-hybridized carbons (Fsp3) is 0.571. The van der Waals surface area contributed by atoms with Gasteiger partial charge in [-0.05, 0) is 37.4 Å². The van der Waals surface area contributed by atoms with Crippen LogP contribution < -0.4 is 0 Å². The minimum atomic E-state index is -0.957. The molecule has 1 aromatic rings. The topological polar surface area (TPSA) is 53.4 Å². The summed E-state index contributed by atoms with van der Waals surface area (Å²) in [6.07, 6.45) is 3.77. The molecular weight excluding hydrogens is 228 g/mol. The summed E-state index contributed by atoms with van der Waals surface area (Å²) in [6.45, 7) is 5.19. The minimum Gasteiger partial charge on any atom is -0.477 e. The lowest BCUT2D eigenvalue weighted by Gasteiger charge is -2.31. The summed E-state index contributed by atoms with van der Waals surface area (Å²) in [6, 6.07) is 5.21. The number of rotatable bonds is 4. The van der Waals surface area contributed by atoms with Crippen LogP contribution in [0.4, 0.5) is 0 Å². The smallest absolute Gasteiger partial charge is 0.354 e. The van der Waals surface area contributed by atoms with Crippen molar-refractivity contribution in [3.05, 3.63) is 29.6 Å². The van der Waals surface area contributed by atoms with Crippen molar-refractivity contribution >= 4 is 5.97 Å². The average molecular weight is 248 g/mol. The van der Waals surface area contributed by atoms with Crippen molar-refractivity contribution in [1.82, 2.24) is 9.88 Å². The van der Waals surface area contributed by atoms with Crippen molar-refractivity contribution in [2.45, 2.75) is 32.7 Å². The number of carbonyl (C=O) groups is 1. The second-order valence-electron chi connectivity index (χ2n) is 4.97. The van der Waals surface area contributed by atoms with E-state index in [2.05, 4.69) is 16.8 Å². The van der Waals surface area contributed by atoms with Crippen molar-refractivity contribution in [1.29, 1.82) is 0 Å². The normalized spacial score (nSPS) is 20.8. The van der Waals surface area contributed by atoms with Crippen molar-refractivity contribution in [2.75, 3.05) is 13.1 Å². The van der Waals surface area contributed by atoms with Gasteiger partial charge in [-0.25, -0.2) is 9.78 Å². The van der Waals surface area contributed by atoms with Crippen LogP contribution in [-0.4, -0.2) is 34.0 Å². The van der Waals surface area contributed by atoms with Crippen LogP contribution in [0.25, 0.3) is 0 Å². The molecule has 1 saturated heterocycles. The number of aromatic carboxylic acids is 1. The summed E-state index contributed by atoms with van der Waals surface area (Å²) in [5.41, 5.74) is 0.989. The molecule has 98 valence electrons. The van der Waals surface area contributed by atoms with E-state index >= 15 is 0 Å². The first-order valence-electron chi connectivity index (χ1n) is 6.60. The molecule has 0 amide bonds. The Morgan fingerprint density at radius 2 is 2.39 bits per heavy atom. The molecule has 18 heavy (non-hydrogen) atoms. The van der Waals surface area contributed by atoms with E-state index < -0.39 is 5.97 Å². The van der Waals surface area contributed by atoms with Gasteiger partial charge < -0.3 is 5.11 Å². The van der Waals surface area contributed by atoms with E-state index in [4.69, 9.17) is 5.11 Å². The van der Waals surface area contributed by atoms with Crippen molar-refractivity contribution < 1.29 is 9.90 Å². The summed E-state index contributed by atoms with van der Waals surface area (Å²) in [4.78, 5) is 17.4. The Labute approximate surface area is 108 Å². The van der Waals surface area contributed by atoms with Crippen molar-refractivity contribution in [3.8, 4) is 0 Å². The fourth-order valence-corrected chi connectivity index (χ4v) is 2.54. The summed E-state index contributed by atoms with van der Waals surface area (Å²) in [7, 11) is 0. The molecule has 4 heteroatoms. The highest BCUT2D eigenvalue weighted by Gasteiger charge is 2.19. The lowest BCUT2D eigenvalue weighted by atomic mass is 9.95. The molecule has 1 N–H and O–H groups in total.